The summed E-state index contributed by atoms with van der Waals surface area (Å²) in [6, 6.07) is 14.1. The van der Waals surface area contributed by atoms with Gasteiger partial charge in [0.2, 0.25) is 5.88 Å². The molecule has 3 rings (SSSR count). The van der Waals surface area contributed by atoms with E-state index in [2.05, 4.69) is 34.8 Å². The van der Waals surface area contributed by atoms with Crippen LogP contribution >= 0.6 is 0 Å². The van der Waals surface area contributed by atoms with Crippen LogP contribution in [0.5, 0.6) is 11.6 Å². The predicted molar refractivity (Wildman–Crippen MR) is 94.0 cm³/mol. The number of hydrogen-bond donors (Lipinski definition) is 1. The summed E-state index contributed by atoms with van der Waals surface area (Å²) in [6.45, 7) is 5.78. The Hall–Kier alpha value is -2.82. The molecule has 0 amide bonds. The van der Waals surface area contributed by atoms with E-state index in [1.54, 1.807) is 0 Å². The standard InChI is InChI=1S/C18H20N4O/c1-3-22(4-2)17-16(19)18(21-12-20-17)23-15-10-9-13-7-5-6-8-14(13)11-15/h5-12H,3-4,19H2,1-2H3. The number of rotatable bonds is 5. The summed E-state index contributed by atoms with van der Waals surface area (Å²) in [4.78, 5) is 10.5. The number of fused-ring (bicyclic) bond motifs is 1. The molecule has 2 N–H and O–H groups in total. The Morgan fingerprint density at radius 1 is 1.00 bits per heavy atom. The van der Waals surface area contributed by atoms with Crippen molar-refractivity contribution < 1.29 is 4.74 Å². The molecule has 0 atom stereocenters. The summed E-state index contributed by atoms with van der Waals surface area (Å²) in [5.41, 5.74) is 6.67. The van der Waals surface area contributed by atoms with Crippen molar-refractivity contribution in [2.45, 2.75) is 13.8 Å². The molecule has 0 unspecified atom stereocenters. The number of nitrogens with zero attached hydrogens (tertiary/aromatic N) is 3. The van der Waals surface area contributed by atoms with Crippen molar-refractivity contribution in [3.05, 3.63) is 48.8 Å². The minimum Gasteiger partial charge on any atom is -0.437 e. The summed E-state index contributed by atoms with van der Waals surface area (Å²) in [5, 5.41) is 2.28. The van der Waals surface area contributed by atoms with Crippen LogP contribution in [0.1, 0.15) is 13.8 Å². The summed E-state index contributed by atoms with van der Waals surface area (Å²) >= 11 is 0. The minimum atomic E-state index is 0.386. The number of ether oxygens (including phenoxy) is 1. The maximum atomic E-state index is 6.20. The lowest BCUT2D eigenvalue weighted by Gasteiger charge is -2.21. The Kier molecular flexibility index (Phi) is 4.28. The first-order chi connectivity index (χ1) is 11.2. The Balaban J connectivity index is 1.93. The monoisotopic (exact) mass is 308 g/mol. The van der Waals surface area contributed by atoms with Gasteiger partial charge >= 0.3 is 0 Å². The summed E-state index contributed by atoms with van der Waals surface area (Å²) in [7, 11) is 0. The highest BCUT2D eigenvalue weighted by atomic mass is 16.5. The second kappa shape index (κ2) is 6.52. The second-order valence-corrected chi connectivity index (χ2v) is 5.20. The van der Waals surface area contributed by atoms with Crippen molar-refractivity contribution >= 4 is 22.3 Å². The highest BCUT2D eigenvalue weighted by molar-refractivity contribution is 5.83. The van der Waals surface area contributed by atoms with Gasteiger partial charge in [0.15, 0.2) is 5.82 Å². The fourth-order valence-corrected chi connectivity index (χ4v) is 2.57. The number of nitrogens with two attached hydrogens (primary N) is 1. The third-order valence-corrected chi connectivity index (χ3v) is 3.82. The molecule has 5 nitrogen and oxygen atoms in total. The van der Waals surface area contributed by atoms with Crippen molar-refractivity contribution in [3.63, 3.8) is 0 Å². The van der Waals surface area contributed by atoms with E-state index in [0.717, 1.165) is 18.5 Å². The topological polar surface area (TPSA) is 64.3 Å². The number of aromatic nitrogens is 2. The maximum Gasteiger partial charge on any atom is 0.248 e. The molecule has 0 aliphatic carbocycles. The van der Waals surface area contributed by atoms with Gasteiger partial charge in [-0.05, 0) is 36.8 Å². The Labute approximate surface area is 135 Å². The first kappa shape index (κ1) is 15.1. The van der Waals surface area contributed by atoms with Gasteiger partial charge in [0.25, 0.3) is 0 Å². The van der Waals surface area contributed by atoms with Gasteiger partial charge in [-0.2, -0.15) is 4.98 Å². The molecule has 0 aliphatic rings. The van der Waals surface area contributed by atoms with E-state index in [1.807, 2.05) is 36.4 Å². The molecule has 1 aromatic heterocycles. The van der Waals surface area contributed by atoms with Crippen molar-refractivity contribution in [1.29, 1.82) is 0 Å². The Morgan fingerprint density at radius 2 is 1.74 bits per heavy atom. The van der Waals surface area contributed by atoms with Gasteiger partial charge in [-0.3, -0.25) is 0 Å². The van der Waals surface area contributed by atoms with Crippen molar-refractivity contribution in [3.8, 4) is 11.6 Å². The lowest BCUT2D eigenvalue weighted by Crippen LogP contribution is -2.24. The van der Waals surface area contributed by atoms with E-state index in [0.29, 0.717) is 23.1 Å². The van der Waals surface area contributed by atoms with Crippen LogP contribution in [0.3, 0.4) is 0 Å². The zero-order valence-corrected chi connectivity index (χ0v) is 13.4. The van der Waals surface area contributed by atoms with Gasteiger partial charge in [-0.15, -0.1) is 0 Å². The van der Waals surface area contributed by atoms with Gasteiger partial charge < -0.3 is 15.4 Å². The third-order valence-electron chi connectivity index (χ3n) is 3.82. The molecule has 0 saturated carbocycles. The molecule has 3 aromatic rings. The van der Waals surface area contributed by atoms with Crippen LogP contribution in [0.15, 0.2) is 48.8 Å². The zero-order chi connectivity index (χ0) is 16.2. The van der Waals surface area contributed by atoms with Crippen molar-refractivity contribution in [2.75, 3.05) is 23.7 Å². The predicted octanol–water partition coefficient (Wildman–Crippen LogP) is 3.85. The first-order valence-electron chi connectivity index (χ1n) is 7.75. The quantitative estimate of drug-likeness (QED) is 0.775. The summed E-state index contributed by atoms with van der Waals surface area (Å²) in [5.74, 6) is 1.80. The number of hydrogen-bond acceptors (Lipinski definition) is 5. The van der Waals surface area contributed by atoms with Gasteiger partial charge in [-0.25, -0.2) is 4.98 Å². The van der Waals surface area contributed by atoms with Crippen LogP contribution in [0.2, 0.25) is 0 Å². The van der Waals surface area contributed by atoms with Crippen molar-refractivity contribution in [2.24, 2.45) is 0 Å². The molecule has 118 valence electrons. The normalized spacial score (nSPS) is 10.7. The van der Waals surface area contributed by atoms with Crippen LogP contribution in [0, 0.1) is 0 Å². The number of anilines is 2. The van der Waals surface area contributed by atoms with Gasteiger partial charge in [0.05, 0.1) is 0 Å². The average molecular weight is 308 g/mol. The minimum absolute atomic E-state index is 0.386. The number of nitrogen functional groups attached to an aromatic ring is 1. The molecule has 0 saturated heterocycles. The van der Waals surface area contributed by atoms with Crippen LogP contribution in [-0.4, -0.2) is 23.1 Å². The summed E-state index contributed by atoms with van der Waals surface area (Å²) < 4.78 is 5.89. The molecule has 0 bridgehead atoms. The van der Waals surface area contributed by atoms with Crippen LogP contribution in [-0.2, 0) is 0 Å². The molecule has 2 aromatic carbocycles. The SMILES string of the molecule is CCN(CC)c1ncnc(Oc2ccc3ccccc3c2)c1N. The van der Waals surface area contributed by atoms with Gasteiger partial charge in [0.1, 0.15) is 17.8 Å². The molecule has 0 fully saturated rings. The van der Waals surface area contributed by atoms with E-state index >= 15 is 0 Å². The highest BCUT2D eigenvalue weighted by Gasteiger charge is 2.14. The molecule has 23 heavy (non-hydrogen) atoms. The first-order valence-corrected chi connectivity index (χ1v) is 7.75. The van der Waals surface area contributed by atoms with Gasteiger partial charge in [-0.1, -0.05) is 30.3 Å². The Bertz CT molecular complexity index is 815. The van der Waals surface area contributed by atoms with E-state index in [4.69, 9.17) is 10.5 Å². The van der Waals surface area contributed by atoms with Crippen LogP contribution < -0.4 is 15.4 Å². The van der Waals surface area contributed by atoms with Crippen LogP contribution in [0.4, 0.5) is 11.5 Å². The summed E-state index contributed by atoms with van der Waals surface area (Å²) in [6.07, 6.45) is 1.49. The lowest BCUT2D eigenvalue weighted by atomic mass is 10.1. The average Bonchev–Trinajstić information content (AvgIpc) is 2.59. The molecule has 1 heterocycles. The van der Waals surface area contributed by atoms with E-state index < -0.39 is 0 Å². The molecular formula is C18H20N4O. The van der Waals surface area contributed by atoms with E-state index in [9.17, 15) is 0 Å². The molecule has 0 spiro atoms. The van der Waals surface area contributed by atoms with E-state index in [1.165, 1.54) is 11.7 Å². The van der Waals surface area contributed by atoms with E-state index in [-0.39, 0.29) is 0 Å². The largest absolute Gasteiger partial charge is 0.437 e. The zero-order valence-electron chi connectivity index (χ0n) is 13.4. The number of benzene rings is 2. The van der Waals surface area contributed by atoms with Crippen LogP contribution in [0.25, 0.3) is 10.8 Å². The molecule has 0 aliphatic heterocycles. The van der Waals surface area contributed by atoms with Crippen molar-refractivity contribution in [1.82, 2.24) is 9.97 Å². The fraction of sp³-hybridized carbons (Fsp3) is 0.222. The maximum absolute atomic E-state index is 6.20. The smallest absolute Gasteiger partial charge is 0.248 e. The highest BCUT2D eigenvalue weighted by Crippen LogP contribution is 2.32. The molecular weight excluding hydrogens is 288 g/mol. The molecule has 0 radical (unpaired) electrons. The lowest BCUT2D eigenvalue weighted by molar-refractivity contribution is 0.465. The fourth-order valence-electron chi connectivity index (χ4n) is 2.57. The second-order valence-electron chi connectivity index (χ2n) is 5.20. The van der Waals surface area contributed by atoms with Gasteiger partial charge in [0, 0.05) is 13.1 Å². The Morgan fingerprint density at radius 3 is 2.48 bits per heavy atom. The third kappa shape index (κ3) is 3.04. The molecule has 5 heteroatoms.